The van der Waals surface area contributed by atoms with Gasteiger partial charge in [0.2, 0.25) is 11.8 Å². The number of imide groups is 1. The molecule has 3 heteroatoms. The minimum Gasteiger partial charge on any atom is -0.275 e. The van der Waals surface area contributed by atoms with Crippen LogP contribution in [0.4, 0.5) is 0 Å². The minimum atomic E-state index is -0.405. The van der Waals surface area contributed by atoms with E-state index in [0.29, 0.717) is 6.42 Å². The molecule has 0 aromatic heterocycles. The Balaban J connectivity index is 2.95. The van der Waals surface area contributed by atoms with Crippen LogP contribution in [0.2, 0.25) is 0 Å². The van der Waals surface area contributed by atoms with Crippen molar-refractivity contribution in [1.82, 2.24) is 4.90 Å². The highest BCUT2D eigenvalue weighted by Crippen LogP contribution is 2.47. The second-order valence-electron chi connectivity index (χ2n) is 4.57. The molecule has 1 aliphatic heterocycles. The standard InChI is InChI=1S/C10H17NO2/c1-6-7(12)11-8(13)9(2,3)10(11,4)5/h6H2,1-5H3. The quantitative estimate of drug-likeness (QED) is 0.579. The minimum absolute atomic E-state index is 0.0515. The van der Waals surface area contributed by atoms with Gasteiger partial charge in [0.05, 0.1) is 11.0 Å². The molecule has 1 heterocycles. The molecular weight excluding hydrogens is 166 g/mol. The van der Waals surface area contributed by atoms with E-state index in [9.17, 15) is 9.59 Å². The molecule has 1 aliphatic rings. The lowest BCUT2D eigenvalue weighted by atomic mass is 9.64. The van der Waals surface area contributed by atoms with Gasteiger partial charge in [-0.3, -0.25) is 14.5 Å². The van der Waals surface area contributed by atoms with Crippen LogP contribution in [0.3, 0.4) is 0 Å². The van der Waals surface area contributed by atoms with Crippen LogP contribution >= 0.6 is 0 Å². The summed E-state index contributed by atoms with van der Waals surface area (Å²) in [7, 11) is 0. The topological polar surface area (TPSA) is 37.4 Å². The summed E-state index contributed by atoms with van der Waals surface area (Å²) < 4.78 is 0. The first-order valence-electron chi connectivity index (χ1n) is 4.64. The number of hydrogen-bond donors (Lipinski definition) is 0. The second-order valence-corrected chi connectivity index (χ2v) is 4.57. The number of β-lactam (4-membered cyclic amide) rings is 1. The van der Waals surface area contributed by atoms with Crippen LogP contribution < -0.4 is 0 Å². The van der Waals surface area contributed by atoms with E-state index >= 15 is 0 Å². The van der Waals surface area contributed by atoms with E-state index in [4.69, 9.17) is 0 Å². The third-order valence-electron chi connectivity index (χ3n) is 3.38. The lowest BCUT2D eigenvalue weighted by Gasteiger charge is -2.58. The molecule has 0 aliphatic carbocycles. The summed E-state index contributed by atoms with van der Waals surface area (Å²) in [5, 5.41) is 0. The summed E-state index contributed by atoms with van der Waals surface area (Å²) in [5.74, 6) is -0.126. The molecule has 0 spiro atoms. The second kappa shape index (κ2) is 2.56. The zero-order chi connectivity index (χ0) is 10.4. The predicted molar refractivity (Wildman–Crippen MR) is 50.0 cm³/mol. The zero-order valence-electron chi connectivity index (χ0n) is 8.97. The SMILES string of the molecule is CCC(=O)N1C(=O)C(C)(C)C1(C)C. The molecule has 0 N–H and O–H groups in total. The van der Waals surface area contributed by atoms with Crippen LogP contribution in [-0.4, -0.2) is 22.3 Å². The van der Waals surface area contributed by atoms with E-state index in [1.54, 1.807) is 6.92 Å². The van der Waals surface area contributed by atoms with Gasteiger partial charge < -0.3 is 0 Å². The Labute approximate surface area is 79.1 Å². The number of carbonyl (C=O) groups is 2. The third kappa shape index (κ3) is 1.02. The highest BCUT2D eigenvalue weighted by atomic mass is 16.2. The number of rotatable bonds is 1. The van der Waals surface area contributed by atoms with Crippen molar-refractivity contribution in [2.75, 3.05) is 0 Å². The number of nitrogens with zero attached hydrogens (tertiary/aromatic N) is 1. The maximum atomic E-state index is 11.6. The van der Waals surface area contributed by atoms with Crippen LogP contribution in [0.5, 0.6) is 0 Å². The molecular formula is C10H17NO2. The van der Waals surface area contributed by atoms with Crippen molar-refractivity contribution in [1.29, 1.82) is 0 Å². The van der Waals surface area contributed by atoms with Crippen LogP contribution in [0.15, 0.2) is 0 Å². The normalized spacial score (nSPS) is 24.1. The highest BCUT2D eigenvalue weighted by molar-refractivity contribution is 6.04. The van der Waals surface area contributed by atoms with E-state index < -0.39 is 5.41 Å². The van der Waals surface area contributed by atoms with Crippen molar-refractivity contribution in [3.8, 4) is 0 Å². The zero-order valence-corrected chi connectivity index (χ0v) is 8.97. The highest BCUT2D eigenvalue weighted by Gasteiger charge is 2.62. The number of likely N-dealkylation sites (tertiary alicyclic amines) is 1. The Bertz CT molecular complexity index is 266. The molecule has 3 nitrogen and oxygen atoms in total. The molecule has 13 heavy (non-hydrogen) atoms. The van der Waals surface area contributed by atoms with Crippen LogP contribution in [-0.2, 0) is 9.59 Å². The van der Waals surface area contributed by atoms with Gasteiger partial charge in [0.1, 0.15) is 0 Å². The smallest absolute Gasteiger partial charge is 0.237 e. The van der Waals surface area contributed by atoms with Crippen LogP contribution in [0.25, 0.3) is 0 Å². The fourth-order valence-corrected chi connectivity index (χ4v) is 1.60. The Morgan fingerprint density at radius 2 is 1.77 bits per heavy atom. The van der Waals surface area contributed by atoms with Gasteiger partial charge in [-0.2, -0.15) is 0 Å². The van der Waals surface area contributed by atoms with Gasteiger partial charge >= 0.3 is 0 Å². The summed E-state index contributed by atoms with van der Waals surface area (Å²) >= 11 is 0. The molecule has 1 rings (SSSR count). The van der Waals surface area contributed by atoms with E-state index in [2.05, 4.69) is 0 Å². The van der Waals surface area contributed by atoms with Gasteiger partial charge in [-0.1, -0.05) is 6.92 Å². The Morgan fingerprint density at radius 1 is 1.31 bits per heavy atom. The first kappa shape index (κ1) is 10.2. The monoisotopic (exact) mass is 183 g/mol. The first-order valence-corrected chi connectivity index (χ1v) is 4.64. The molecule has 74 valence electrons. The average Bonchev–Trinajstić information content (AvgIpc) is 2.03. The van der Waals surface area contributed by atoms with Crippen molar-refractivity contribution in [3.05, 3.63) is 0 Å². The van der Waals surface area contributed by atoms with Gasteiger partial charge in [0.15, 0.2) is 0 Å². The lowest BCUT2D eigenvalue weighted by molar-refractivity contribution is -0.188. The predicted octanol–water partition coefficient (Wildman–Crippen LogP) is 1.57. The largest absolute Gasteiger partial charge is 0.275 e. The summed E-state index contributed by atoms with van der Waals surface area (Å²) in [5.41, 5.74) is -0.741. The molecule has 1 fully saturated rings. The third-order valence-corrected chi connectivity index (χ3v) is 3.38. The van der Waals surface area contributed by atoms with E-state index in [1.807, 2.05) is 27.7 Å². The molecule has 0 aromatic rings. The molecule has 0 saturated carbocycles. The summed E-state index contributed by atoms with van der Waals surface area (Å²) in [6.07, 6.45) is 0.394. The van der Waals surface area contributed by atoms with Crippen LogP contribution in [0.1, 0.15) is 41.0 Å². The molecule has 0 atom stereocenters. The molecule has 0 aromatic carbocycles. The number of carbonyl (C=O) groups excluding carboxylic acids is 2. The summed E-state index contributed by atoms with van der Waals surface area (Å²) in [4.78, 5) is 24.4. The number of amides is 2. The average molecular weight is 183 g/mol. The molecule has 2 amide bonds. The van der Waals surface area contributed by atoms with Crippen molar-refractivity contribution in [2.24, 2.45) is 5.41 Å². The van der Waals surface area contributed by atoms with Gasteiger partial charge in [0.25, 0.3) is 0 Å². The fraction of sp³-hybridized carbons (Fsp3) is 0.800. The Kier molecular flexibility index (Phi) is 2.02. The van der Waals surface area contributed by atoms with Gasteiger partial charge in [-0.05, 0) is 27.7 Å². The van der Waals surface area contributed by atoms with E-state index in [-0.39, 0.29) is 17.4 Å². The molecule has 0 radical (unpaired) electrons. The van der Waals surface area contributed by atoms with Gasteiger partial charge in [-0.25, -0.2) is 0 Å². The van der Waals surface area contributed by atoms with E-state index in [0.717, 1.165) is 0 Å². The fourth-order valence-electron chi connectivity index (χ4n) is 1.60. The number of hydrogen-bond acceptors (Lipinski definition) is 2. The summed E-state index contributed by atoms with van der Waals surface area (Å²) in [6.45, 7) is 9.41. The van der Waals surface area contributed by atoms with Crippen molar-refractivity contribution < 1.29 is 9.59 Å². The van der Waals surface area contributed by atoms with Crippen molar-refractivity contribution in [3.63, 3.8) is 0 Å². The van der Waals surface area contributed by atoms with E-state index in [1.165, 1.54) is 4.90 Å². The summed E-state index contributed by atoms with van der Waals surface area (Å²) in [6, 6.07) is 0. The Morgan fingerprint density at radius 3 is 2.08 bits per heavy atom. The lowest BCUT2D eigenvalue weighted by Crippen LogP contribution is -2.74. The van der Waals surface area contributed by atoms with Crippen molar-refractivity contribution >= 4 is 11.8 Å². The Hall–Kier alpha value is -0.860. The maximum Gasteiger partial charge on any atom is 0.237 e. The van der Waals surface area contributed by atoms with Gasteiger partial charge in [0, 0.05) is 6.42 Å². The molecule has 0 unspecified atom stereocenters. The van der Waals surface area contributed by atoms with Crippen molar-refractivity contribution in [2.45, 2.75) is 46.6 Å². The van der Waals surface area contributed by atoms with Gasteiger partial charge in [-0.15, -0.1) is 0 Å². The maximum absolute atomic E-state index is 11.6. The van der Waals surface area contributed by atoms with Crippen LogP contribution in [0, 0.1) is 5.41 Å². The molecule has 0 bridgehead atoms. The molecule has 1 saturated heterocycles. The first-order chi connectivity index (χ1) is 5.76.